The summed E-state index contributed by atoms with van der Waals surface area (Å²) in [5.74, 6) is 0. The van der Waals surface area contributed by atoms with E-state index >= 15 is 0 Å². The molecule has 0 spiro atoms. The molecular formula is C12H14FN. The molecule has 0 saturated carbocycles. The summed E-state index contributed by atoms with van der Waals surface area (Å²) >= 11 is 0. The van der Waals surface area contributed by atoms with Gasteiger partial charge >= 0.3 is 0 Å². The molecular weight excluding hydrogens is 177 g/mol. The minimum Gasteiger partial charge on any atom is -0.305 e. The summed E-state index contributed by atoms with van der Waals surface area (Å²) in [5, 5.41) is 0. The zero-order chi connectivity index (χ0) is 10.8. The number of rotatable bonds is 2. The Hall–Kier alpha value is -1.36. The first-order chi connectivity index (χ1) is 6.45. The molecule has 0 aliphatic heterocycles. The van der Waals surface area contributed by atoms with Crippen molar-refractivity contribution in [2.75, 3.05) is 0 Å². The molecule has 1 atom stereocenters. The predicted octanol–water partition coefficient (Wildman–Crippen LogP) is 3.70. The van der Waals surface area contributed by atoms with Gasteiger partial charge < -0.3 is 4.85 Å². The van der Waals surface area contributed by atoms with E-state index in [1.165, 1.54) is 13.8 Å². The monoisotopic (exact) mass is 191 g/mol. The van der Waals surface area contributed by atoms with E-state index in [2.05, 4.69) is 4.85 Å². The molecule has 14 heavy (non-hydrogen) atoms. The Morgan fingerprint density at radius 3 is 2.14 bits per heavy atom. The molecule has 0 N–H and O–H groups in total. The molecule has 0 radical (unpaired) electrons. The van der Waals surface area contributed by atoms with Crippen LogP contribution in [0.5, 0.6) is 0 Å². The van der Waals surface area contributed by atoms with Gasteiger partial charge in [0.2, 0.25) is 0 Å². The molecule has 1 aromatic rings. The van der Waals surface area contributed by atoms with Gasteiger partial charge in [0, 0.05) is 5.56 Å². The lowest BCUT2D eigenvalue weighted by Gasteiger charge is -2.16. The maximum absolute atomic E-state index is 13.6. The van der Waals surface area contributed by atoms with Crippen molar-refractivity contribution in [2.45, 2.75) is 32.5 Å². The van der Waals surface area contributed by atoms with Crippen molar-refractivity contribution in [1.82, 2.24) is 0 Å². The van der Waals surface area contributed by atoms with Crippen LogP contribution < -0.4 is 0 Å². The van der Waals surface area contributed by atoms with Crippen LogP contribution in [0.15, 0.2) is 24.3 Å². The summed E-state index contributed by atoms with van der Waals surface area (Å²) < 4.78 is 13.6. The first-order valence-corrected chi connectivity index (χ1v) is 4.57. The van der Waals surface area contributed by atoms with Gasteiger partial charge in [-0.2, -0.15) is 0 Å². The average Bonchev–Trinajstić information content (AvgIpc) is 2.07. The lowest BCUT2D eigenvalue weighted by Crippen LogP contribution is -2.21. The zero-order valence-corrected chi connectivity index (χ0v) is 8.71. The molecule has 0 bridgehead atoms. The van der Waals surface area contributed by atoms with Crippen molar-refractivity contribution >= 4 is 0 Å². The second-order valence-corrected chi connectivity index (χ2v) is 4.01. The van der Waals surface area contributed by atoms with Crippen molar-refractivity contribution in [3.8, 4) is 0 Å². The van der Waals surface area contributed by atoms with E-state index in [-0.39, 0.29) is 0 Å². The number of halogens is 1. The molecule has 1 aromatic carbocycles. The second-order valence-electron chi connectivity index (χ2n) is 4.01. The van der Waals surface area contributed by atoms with E-state index in [9.17, 15) is 4.39 Å². The summed E-state index contributed by atoms with van der Waals surface area (Å²) in [6.45, 7) is 11.8. The van der Waals surface area contributed by atoms with Gasteiger partial charge in [-0.25, -0.2) is 11.0 Å². The fourth-order valence-corrected chi connectivity index (χ4v) is 1.37. The summed E-state index contributed by atoms with van der Waals surface area (Å²) in [6, 6.07) is 6.74. The summed E-state index contributed by atoms with van der Waals surface area (Å²) in [6.07, 6.45) is 0. The van der Waals surface area contributed by atoms with Gasteiger partial charge in [-0.3, -0.25) is 0 Å². The van der Waals surface area contributed by atoms with Crippen molar-refractivity contribution in [1.29, 1.82) is 0 Å². The lowest BCUT2D eigenvalue weighted by molar-refractivity contribution is 0.193. The highest BCUT2D eigenvalue weighted by atomic mass is 19.1. The molecule has 0 fully saturated rings. The Balaban J connectivity index is 3.04. The lowest BCUT2D eigenvalue weighted by atomic mass is 9.94. The molecule has 0 heterocycles. The third kappa shape index (κ3) is 2.32. The molecule has 1 nitrogen and oxygen atoms in total. The van der Waals surface area contributed by atoms with Crippen LogP contribution in [0.25, 0.3) is 4.85 Å². The largest absolute Gasteiger partial charge is 0.305 e. The first kappa shape index (κ1) is 10.7. The summed E-state index contributed by atoms with van der Waals surface area (Å²) in [4.78, 5) is 3.33. The highest BCUT2D eigenvalue weighted by Crippen LogP contribution is 2.32. The Kier molecular flexibility index (Phi) is 2.90. The number of aryl methyl sites for hydroxylation is 1. The van der Waals surface area contributed by atoms with E-state index in [0.29, 0.717) is 0 Å². The van der Waals surface area contributed by atoms with E-state index in [0.717, 1.165) is 11.1 Å². The van der Waals surface area contributed by atoms with Gasteiger partial charge in [0.05, 0.1) is 0 Å². The smallest absolute Gasteiger partial charge is 0.281 e. The molecule has 1 unspecified atom stereocenters. The van der Waals surface area contributed by atoms with Crippen molar-refractivity contribution in [2.24, 2.45) is 0 Å². The van der Waals surface area contributed by atoms with E-state index in [4.69, 9.17) is 6.57 Å². The maximum atomic E-state index is 13.6. The Morgan fingerprint density at radius 1 is 1.29 bits per heavy atom. The summed E-state index contributed by atoms with van der Waals surface area (Å²) in [7, 11) is 0. The van der Waals surface area contributed by atoms with Crippen molar-refractivity contribution < 1.29 is 4.39 Å². The minimum atomic E-state index is -1.49. The third-order valence-corrected chi connectivity index (χ3v) is 2.17. The number of benzene rings is 1. The molecule has 2 heteroatoms. The van der Waals surface area contributed by atoms with Crippen molar-refractivity contribution in [3.05, 3.63) is 46.8 Å². The predicted molar refractivity (Wildman–Crippen MR) is 55.7 cm³/mol. The quantitative estimate of drug-likeness (QED) is 0.628. The van der Waals surface area contributed by atoms with Gasteiger partial charge in [0.1, 0.15) is 0 Å². The third-order valence-electron chi connectivity index (χ3n) is 2.17. The van der Waals surface area contributed by atoms with Gasteiger partial charge in [-0.15, -0.1) is 0 Å². The van der Waals surface area contributed by atoms with Gasteiger partial charge in [-0.05, 0) is 20.8 Å². The molecule has 0 aliphatic carbocycles. The summed E-state index contributed by atoms with van der Waals surface area (Å²) in [5.41, 5.74) is 0.379. The second kappa shape index (κ2) is 3.79. The molecule has 0 saturated heterocycles. The van der Waals surface area contributed by atoms with Crippen molar-refractivity contribution in [3.63, 3.8) is 0 Å². The normalized spacial score (nSPS) is 13.4. The molecule has 0 amide bonds. The van der Waals surface area contributed by atoms with Gasteiger partial charge in [0.25, 0.3) is 6.04 Å². The van der Waals surface area contributed by atoms with Crippen LogP contribution in [-0.4, -0.2) is 5.67 Å². The van der Waals surface area contributed by atoms with Gasteiger partial charge in [0.15, 0.2) is 5.67 Å². The van der Waals surface area contributed by atoms with Crippen LogP contribution in [-0.2, 0) is 0 Å². The highest BCUT2D eigenvalue weighted by Gasteiger charge is 2.36. The average molecular weight is 191 g/mol. The molecule has 0 aromatic heterocycles. The number of hydrogen-bond acceptors (Lipinski definition) is 0. The maximum Gasteiger partial charge on any atom is 0.281 e. The molecule has 74 valence electrons. The SMILES string of the molecule is [C-]#[N+]C(c1ccc(C)cc1)C(C)(C)F. The first-order valence-electron chi connectivity index (χ1n) is 4.57. The zero-order valence-electron chi connectivity index (χ0n) is 8.71. The number of nitrogens with zero attached hydrogens (tertiary/aromatic N) is 1. The van der Waals surface area contributed by atoms with Gasteiger partial charge in [-0.1, -0.05) is 29.8 Å². The molecule has 1 rings (SSSR count). The highest BCUT2D eigenvalue weighted by molar-refractivity contribution is 5.28. The van der Waals surface area contributed by atoms with Crippen LogP contribution in [0.4, 0.5) is 4.39 Å². The Labute approximate surface area is 84.4 Å². The van der Waals surface area contributed by atoms with Crippen LogP contribution in [0.3, 0.4) is 0 Å². The Bertz CT molecular complexity index is 340. The fourth-order valence-electron chi connectivity index (χ4n) is 1.37. The Morgan fingerprint density at radius 2 is 1.79 bits per heavy atom. The fraction of sp³-hybridized carbons (Fsp3) is 0.417. The van der Waals surface area contributed by atoms with E-state index < -0.39 is 11.7 Å². The van der Waals surface area contributed by atoms with E-state index in [1.54, 1.807) is 0 Å². The molecule has 0 aliphatic rings. The van der Waals surface area contributed by atoms with Crippen LogP contribution in [0.1, 0.15) is 31.0 Å². The number of alkyl halides is 1. The number of hydrogen-bond donors (Lipinski definition) is 0. The standard InChI is InChI=1S/C12H14FN/c1-9-5-7-10(8-6-9)11(14-4)12(2,3)13/h5-8,11H,1-3H3. The van der Waals surface area contributed by atoms with Crippen LogP contribution >= 0.6 is 0 Å². The minimum absolute atomic E-state index is 0.705. The van der Waals surface area contributed by atoms with Crippen LogP contribution in [0.2, 0.25) is 0 Å². The van der Waals surface area contributed by atoms with Crippen LogP contribution in [0, 0.1) is 13.5 Å². The topological polar surface area (TPSA) is 4.36 Å². The van der Waals surface area contributed by atoms with E-state index in [1.807, 2.05) is 31.2 Å².